The molecule has 0 radical (unpaired) electrons. The summed E-state index contributed by atoms with van der Waals surface area (Å²) in [5.74, 6) is -0.677. The molecule has 0 saturated carbocycles. The standard InChI is InChI=1S/C27H25Cl2NO4/c1-27(15-21-4-2-3-5-23(21)29)13-12-19-14-20(8-11-24(19)34-27)26(33)30(17-25(31)32)16-18-6-9-22(28)10-7-18/h2-11,14H,12-13,15-17H2,1H3,(H,31,32)/t27-/m1/s1. The number of benzene rings is 3. The van der Waals surface area contributed by atoms with Gasteiger partial charge in [0, 0.05) is 28.6 Å². The Morgan fingerprint density at radius 2 is 1.79 bits per heavy atom. The number of aliphatic carboxylic acids is 1. The molecule has 7 heteroatoms. The Labute approximate surface area is 208 Å². The Morgan fingerprint density at radius 3 is 2.50 bits per heavy atom. The predicted octanol–water partition coefficient (Wildman–Crippen LogP) is 6.05. The van der Waals surface area contributed by atoms with E-state index < -0.39 is 18.1 Å². The SMILES string of the molecule is C[C@]1(Cc2ccccc2Cl)CCc2cc(C(=O)N(CC(=O)O)Cc3ccc(Cl)cc3)ccc2O1. The lowest BCUT2D eigenvalue weighted by Gasteiger charge is -2.36. The van der Waals surface area contributed by atoms with Gasteiger partial charge < -0.3 is 14.7 Å². The van der Waals surface area contributed by atoms with E-state index in [-0.39, 0.29) is 12.5 Å². The topological polar surface area (TPSA) is 66.8 Å². The van der Waals surface area contributed by atoms with Gasteiger partial charge >= 0.3 is 5.97 Å². The van der Waals surface area contributed by atoms with Crippen molar-refractivity contribution in [3.05, 3.63) is 99.0 Å². The number of carboxylic acid groups (broad SMARTS) is 1. The summed E-state index contributed by atoms with van der Waals surface area (Å²) >= 11 is 12.3. The van der Waals surface area contributed by atoms with Crippen LogP contribution in [0.3, 0.4) is 0 Å². The van der Waals surface area contributed by atoms with Gasteiger partial charge in [-0.1, -0.05) is 53.5 Å². The lowest BCUT2D eigenvalue weighted by Crippen LogP contribution is -2.39. The number of nitrogens with zero attached hydrogens (tertiary/aromatic N) is 1. The molecule has 1 N–H and O–H groups in total. The molecule has 0 bridgehead atoms. The normalized spacial score (nSPS) is 16.9. The van der Waals surface area contributed by atoms with E-state index in [2.05, 4.69) is 6.92 Å². The highest BCUT2D eigenvalue weighted by Gasteiger charge is 2.33. The van der Waals surface area contributed by atoms with Crippen LogP contribution in [0.25, 0.3) is 0 Å². The van der Waals surface area contributed by atoms with E-state index in [9.17, 15) is 14.7 Å². The van der Waals surface area contributed by atoms with Crippen LogP contribution in [0.5, 0.6) is 5.75 Å². The van der Waals surface area contributed by atoms with Crippen LogP contribution in [0.4, 0.5) is 0 Å². The van der Waals surface area contributed by atoms with Gasteiger partial charge in [0.05, 0.1) is 0 Å². The van der Waals surface area contributed by atoms with Crippen LogP contribution in [0.2, 0.25) is 10.0 Å². The number of carbonyl (C=O) groups excluding carboxylic acids is 1. The second-order valence-electron chi connectivity index (χ2n) is 8.82. The van der Waals surface area contributed by atoms with Crippen molar-refractivity contribution < 1.29 is 19.4 Å². The molecule has 4 rings (SSSR count). The molecule has 3 aromatic carbocycles. The zero-order valence-electron chi connectivity index (χ0n) is 18.8. The average Bonchev–Trinajstić information content (AvgIpc) is 2.80. The summed E-state index contributed by atoms with van der Waals surface area (Å²) < 4.78 is 6.35. The Morgan fingerprint density at radius 1 is 1.06 bits per heavy atom. The number of halogens is 2. The van der Waals surface area contributed by atoms with Crippen LogP contribution < -0.4 is 4.74 Å². The van der Waals surface area contributed by atoms with E-state index in [1.807, 2.05) is 30.3 Å². The molecule has 1 aliphatic rings. The Balaban J connectivity index is 1.52. The van der Waals surface area contributed by atoms with E-state index in [0.717, 1.165) is 40.3 Å². The number of amides is 1. The van der Waals surface area contributed by atoms with Gasteiger partial charge in [-0.15, -0.1) is 0 Å². The molecule has 0 unspecified atom stereocenters. The zero-order valence-corrected chi connectivity index (χ0v) is 20.3. The van der Waals surface area contributed by atoms with E-state index >= 15 is 0 Å². The minimum Gasteiger partial charge on any atom is -0.487 e. The molecule has 0 saturated heterocycles. The fraction of sp³-hybridized carbons (Fsp3) is 0.259. The maximum atomic E-state index is 13.2. The molecule has 3 aromatic rings. The molecule has 1 aliphatic heterocycles. The number of fused-ring (bicyclic) bond motifs is 1. The van der Waals surface area contributed by atoms with Crippen molar-refractivity contribution in [2.24, 2.45) is 0 Å². The van der Waals surface area contributed by atoms with Gasteiger partial charge in [0.15, 0.2) is 0 Å². The van der Waals surface area contributed by atoms with Crippen LogP contribution in [0, 0.1) is 0 Å². The van der Waals surface area contributed by atoms with Crippen LogP contribution in [0.1, 0.15) is 40.4 Å². The molecule has 34 heavy (non-hydrogen) atoms. The molecule has 0 aromatic heterocycles. The van der Waals surface area contributed by atoms with E-state index in [0.29, 0.717) is 17.0 Å². The lowest BCUT2D eigenvalue weighted by molar-refractivity contribution is -0.137. The molecule has 0 fully saturated rings. The largest absolute Gasteiger partial charge is 0.487 e. The second kappa shape index (κ2) is 10.1. The summed E-state index contributed by atoms with van der Waals surface area (Å²) in [7, 11) is 0. The van der Waals surface area contributed by atoms with Crippen molar-refractivity contribution in [3.8, 4) is 5.75 Å². The first-order chi connectivity index (χ1) is 16.2. The number of rotatable bonds is 7. The molecule has 176 valence electrons. The van der Waals surface area contributed by atoms with Crippen molar-refractivity contribution in [2.45, 2.75) is 38.3 Å². The van der Waals surface area contributed by atoms with Gasteiger partial charge in [0.2, 0.25) is 0 Å². The number of ether oxygens (including phenoxy) is 1. The highest BCUT2D eigenvalue weighted by Crippen LogP contribution is 2.37. The summed E-state index contributed by atoms with van der Waals surface area (Å²) in [6.07, 6.45) is 2.19. The number of hydrogen-bond donors (Lipinski definition) is 1. The summed E-state index contributed by atoms with van der Waals surface area (Å²) in [6, 6.07) is 20.1. The van der Waals surface area contributed by atoms with Crippen molar-refractivity contribution in [1.82, 2.24) is 4.90 Å². The summed E-state index contributed by atoms with van der Waals surface area (Å²) in [4.78, 5) is 26.0. The smallest absolute Gasteiger partial charge is 0.323 e. The van der Waals surface area contributed by atoms with E-state index in [1.165, 1.54) is 4.90 Å². The Bertz CT molecular complexity index is 1210. The third kappa shape index (κ3) is 5.72. The number of hydrogen-bond acceptors (Lipinski definition) is 3. The van der Waals surface area contributed by atoms with Crippen LogP contribution in [0.15, 0.2) is 66.7 Å². The van der Waals surface area contributed by atoms with E-state index in [4.69, 9.17) is 27.9 Å². The third-order valence-electron chi connectivity index (χ3n) is 6.01. The minimum absolute atomic E-state index is 0.172. The fourth-order valence-electron chi connectivity index (χ4n) is 4.25. The first-order valence-electron chi connectivity index (χ1n) is 11.0. The Kier molecular flexibility index (Phi) is 7.15. The summed E-state index contributed by atoms with van der Waals surface area (Å²) in [5, 5.41) is 10.6. The average molecular weight is 498 g/mol. The predicted molar refractivity (Wildman–Crippen MR) is 133 cm³/mol. The minimum atomic E-state index is -1.07. The number of carboxylic acids is 1. The third-order valence-corrected chi connectivity index (χ3v) is 6.63. The highest BCUT2D eigenvalue weighted by atomic mass is 35.5. The Hall–Kier alpha value is -3.02. The summed E-state index contributed by atoms with van der Waals surface area (Å²) in [6.45, 7) is 1.84. The maximum absolute atomic E-state index is 13.2. The monoisotopic (exact) mass is 497 g/mol. The fourth-order valence-corrected chi connectivity index (χ4v) is 4.58. The van der Waals surface area contributed by atoms with Gasteiger partial charge in [-0.2, -0.15) is 0 Å². The number of aryl methyl sites for hydroxylation is 1. The van der Waals surface area contributed by atoms with Gasteiger partial charge in [0.1, 0.15) is 17.9 Å². The van der Waals surface area contributed by atoms with Gasteiger partial charge in [-0.25, -0.2) is 0 Å². The maximum Gasteiger partial charge on any atom is 0.323 e. The first kappa shape index (κ1) is 24.1. The van der Waals surface area contributed by atoms with E-state index in [1.54, 1.807) is 36.4 Å². The first-order valence-corrected chi connectivity index (χ1v) is 11.8. The molecule has 1 atom stereocenters. The molecule has 5 nitrogen and oxygen atoms in total. The van der Waals surface area contributed by atoms with Gasteiger partial charge in [0.25, 0.3) is 5.91 Å². The molecular weight excluding hydrogens is 473 g/mol. The van der Waals surface area contributed by atoms with Gasteiger partial charge in [-0.3, -0.25) is 9.59 Å². The molecule has 0 spiro atoms. The lowest BCUT2D eigenvalue weighted by atomic mass is 9.86. The zero-order chi connectivity index (χ0) is 24.3. The number of carbonyl (C=O) groups is 2. The second-order valence-corrected chi connectivity index (χ2v) is 9.67. The molecular formula is C27H25Cl2NO4. The quantitative estimate of drug-likeness (QED) is 0.431. The van der Waals surface area contributed by atoms with Crippen LogP contribution in [-0.4, -0.2) is 34.0 Å². The molecule has 1 heterocycles. The highest BCUT2D eigenvalue weighted by molar-refractivity contribution is 6.31. The van der Waals surface area contributed by atoms with Crippen molar-refractivity contribution in [3.63, 3.8) is 0 Å². The van der Waals surface area contributed by atoms with Crippen LogP contribution in [-0.2, 0) is 24.2 Å². The molecule has 1 amide bonds. The van der Waals surface area contributed by atoms with Crippen molar-refractivity contribution in [1.29, 1.82) is 0 Å². The van der Waals surface area contributed by atoms with Crippen molar-refractivity contribution in [2.75, 3.05) is 6.54 Å². The van der Waals surface area contributed by atoms with Crippen LogP contribution >= 0.6 is 23.2 Å². The van der Waals surface area contributed by atoms with Gasteiger partial charge in [-0.05, 0) is 72.9 Å². The van der Waals surface area contributed by atoms with Crippen molar-refractivity contribution >= 4 is 35.1 Å². The summed E-state index contributed by atoms with van der Waals surface area (Å²) in [5.41, 5.74) is 2.80. The molecule has 0 aliphatic carbocycles.